The second kappa shape index (κ2) is 11.2. The summed E-state index contributed by atoms with van der Waals surface area (Å²) in [6.45, 7) is 5.27. The number of amides is 2. The van der Waals surface area contributed by atoms with E-state index in [4.69, 9.17) is 27.6 Å². The smallest absolute Gasteiger partial charge is 0.254 e. The average molecular weight is 571 g/mol. The number of thioether (sulfide) groups is 1. The largest absolute Gasteiger partial charge is 0.461 e. The summed E-state index contributed by atoms with van der Waals surface area (Å²) >= 11 is 13.4. The number of nitrogens with zero attached hydrogens (tertiary/aromatic N) is 5. The van der Waals surface area contributed by atoms with E-state index in [0.29, 0.717) is 52.0 Å². The normalized spacial score (nSPS) is 15.6. The van der Waals surface area contributed by atoms with E-state index in [2.05, 4.69) is 10.2 Å². The summed E-state index contributed by atoms with van der Waals surface area (Å²) in [6, 6.07) is 16.3. The second-order valence-electron chi connectivity index (χ2n) is 9.06. The fourth-order valence-electron chi connectivity index (χ4n) is 4.43. The Morgan fingerprint density at radius 3 is 2.61 bits per heavy atom. The van der Waals surface area contributed by atoms with Gasteiger partial charge in [-0.25, -0.2) is 0 Å². The summed E-state index contributed by atoms with van der Waals surface area (Å²) in [5, 5.41) is 10.0. The lowest BCUT2D eigenvalue weighted by atomic mass is 10.1. The van der Waals surface area contributed by atoms with Crippen LogP contribution in [0.15, 0.2) is 70.4 Å². The van der Waals surface area contributed by atoms with E-state index in [1.54, 1.807) is 40.3 Å². The zero-order valence-corrected chi connectivity index (χ0v) is 23.1. The molecule has 38 heavy (non-hydrogen) atoms. The zero-order valence-electron chi connectivity index (χ0n) is 20.8. The number of benzene rings is 2. The van der Waals surface area contributed by atoms with Crippen molar-refractivity contribution in [3.05, 3.63) is 82.0 Å². The minimum atomic E-state index is -0.152. The maximum absolute atomic E-state index is 13.2. The van der Waals surface area contributed by atoms with Crippen LogP contribution in [0.4, 0.5) is 0 Å². The quantitative estimate of drug-likeness (QED) is 0.281. The van der Waals surface area contributed by atoms with Crippen molar-refractivity contribution in [1.29, 1.82) is 0 Å². The molecule has 1 fully saturated rings. The van der Waals surface area contributed by atoms with Crippen molar-refractivity contribution in [2.75, 3.05) is 25.4 Å². The van der Waals surface area contributed by atoms with Crippen molar-refractivity contribution in [3.8, 4) is 17.3 Å². The number of aromatic nitrogens is 3. The molecular formula is C27H25Cl2N5O3S. The van der Waals surface area contributed by atoms with Gasteiger partial charge in [0, 0.05) is 31.2 Å². The Kier molecular flexibility index (Phi) is 7.78. The first-order valence-electron chi connectivity index (χ1n) is 12.0. The van der Waals surface area contributed by atoms with Gasteiger partial charge in [-0.3, -0.25) is 14.2 Å². The monoisotopic (exact) mass is 569 g/mol. The average Bonchev–Trinajstić information content (AvgIpc) is 3.58. The van der Waals surface area contributed by atoms with Crippen LogP contribution in [-0.2, 0) is 4.79 Å². The van der Waals surface area contributed by atoms with E-state index < -0.39 is 0 Å². The van der Waals surface area contributed by atoms with Crippen LogP contribution in [0.1, 0.15) is 22.8 Å². The van der Waals surface area contributed by atoms with E-state index >= 15 is 0 Å². The van der Waals surface area contributed by atoms with Crippen molar-refractivity contribution in [3.63, 3.8) is 0 Å². The maximum Gasteiger partial charge on any atom is 0.254 e. The molecule has 0 aliphatic carbocycles. The summed E-state index contributed by atoms with van der Waals surface area (Å²) < 4.78 is 7.48. The first kappa shape index (κ1) is 26.3. The van der Waals surface area contributed by atoms with Crippen molar-refractivity contribution in [2.45, 2.75) is 25.0 Å². The van der Waals surface area contributed by atoms with Crippen LogP contribution in [0.25, 0.3) is 17.3 Å². The lowest BCUT2D eigenvalue weighted by Crippen LogP contribution is -2.55. The lowest BCUT2D eigenvalue weighted by Gasteiger charge is -2.40. The van der Waals surface area contributed by atoms with Gasteiger partial charge in [0.15, 0.2) is 10.9 Å². The van der Waals surface area contributed by atoms with Gasteiger partial charge in [0.2, 0.25) is 11.7 Å². The summed E-state index contributed by atoms with van der Waals surface area (Å²) in [7, 11) is 0. The number of rotatable bonds is 6. The van der Waals surface area contributed by atoms with E-state index in [-0.39, 0.29) is 23.6 Å². The standard InChI is InChI=1S/C27H25Cl2N5O3S/c1-17-5-3-6-20(13-17)34-25(23-7-4-12-37-23)30-31-27(34)38-16-24(35)32-10-11-33(18(2)15-32)26(36)19-8-9-21(28)22(29)14-19/h3-9,12-14,18H,10-11,15-16H2,1-2H3. The Morgan fingerprint density at radius 1 is 1.05 bits per heavy atom. The molecule has 2 aromatic heterocycles. The molecule has 8 nitrogen and oxygen atoms in total. The van der Waals surface area contributed by atoms with Gasteiger partial charge in [-0.2, -0.15) is 0 Å². The molecule has 0 N–H and O–H groups in total. The molecule has 2 aromatic carbocycles. The fourth-order valence-corrected chi connectivity index (χ4v) is 5.58. The Hall–Kier alpha value is -3.27. The molecule has 196 valence electrons. The number of hydrogen-bond acceptors (Lipinski definition) is 6. The Balaban J connectivity index is 1.27. The molecule has 1 unspecified atom stereocenters. The topological polar surface area (TPSA) is 84.5 Å². The van der Waals surface area contributed by atoms with E-state index in [1.807, 2.05) is 48.7 Å². The van der Waals surface area contributed by atoms with E-state index in [1.165, 1.54) is 11.8 Å². The number of aryl methyl sites for hydroxylation is 1. The number of piperazine rings is 1. The predicted molar refractivity (Wildman–Crippen MR) is 148 cm³/mol. The van der Waals surface area contributed by atoms with Crippen LogP contribution in [-0.4, -0.2) is 67.8 Å². The molecule has 0 radical (unpaired) electrons. The summed E-state index contributed by atoms with van der Waals surface area (Å²) in [6.07, 6.45) is 1.59. The minimum absolute atomic E-state index is 0.0261. The number of hydrogen-bond donors (Lipinski definition) is 0. The molecule has 0 saturated carbocycles. The van der Waals surface area contributed by atoms with Gasteiger partial charge >= 0.3 is 0 Å². The van der Waals surface area contributed by atoms with Gasteiger partial charge in [0.05, 0.1) is 27.7 Å². The third-order valence-corrected chi connectivity index (χ3v) is 8.02. The molecule has 3 heterocycles. The number of halogens is 2. The molecule has 4 aromatic rings. The molecule has 5 rings (SSSR count). The predicted octanol–water partition coefficient (Wildman–Crippen LogP) is 5.61. The van der Waals surface area contributed by atoms with Gasteiger partial charge in [-0.05, 0) is 61.9 Å². The Labute approximate surface area is 234 Å². The Morgan fingerprint density at radius 2 is 1.89 bits per heavy atom. The van der Waals surface area contributed by atoms with E-state index in [0.717, 1.165) is 11.3 Å². The van der Waals surface area contributed by atoms with Crippen molar-refractivity contribution in [1.82, 2.24) is 24.6 Å². The highest BCUT2D eigenvalue weighted by molar-refractivity contribution is 7.99. The molecule has 1 saturated heterocycles. The molecule has 0 spiro atoms. The number of carbonyl (C=O) groups is 2. The molecule has 1 aliphatic heterocycles. The summed E-state index contributed by atoms with van der Waals surface area (Å²) in [5.41, 5.74) is 2.46. The lowest BCUT2D eigenvalue weighted by molar-refractivity contribution is -0.130. The summed E-state index contributed by atoms with van der Waals surface area (Å²) in [4.78, 5) is 29.8. The first-order chi connectivity index (χ1) is 18.3. The van der Waals surface area contributed by atoms with Crippen LogP contribution in [0, 0.1) is 6.92 Å². The van der Waals surface area contributed by atoms with Gasteiger partial charge in [-0.1, -0.05) is 47.1 Å². The second-order valence-corrected chi connectivity index (χ2v) is 10.8. The number of furan rings is 1. The highest BCUT2D eigenvalue weighted by Crippen LogP contribution is 2.29. The SMILES string of the molecule is Cc1cccc(-n2c(SCC(=O)N3CCN(C(=O)c4ccc(Cl)c(Cl)c4)C(C)C3)nnc2-c2ccco2)c1. The third-order valence-electron chi connectivity index (χ3n) is 6.37. The minimum Gasteiger partial charge on any atom is -0.461 e. The van der Waals surface area contributed by atoms with Crippen LogP contribution in [0.5, 0.6) is 0 Å². The maximum atomic E-state index is 13.2. The van der Waals surface area contributed by atoms with E-state index in [9.17, 15) is 9.59 Å². The number of carbonyl (C=O) groups excluding carboxylic acids is 2. The van der Waals surface area contributed by atoms with Crippen LogP contribution in [0.3, 0.4) is 0 Å². The molecule has 11 heteroatoms. The van der Waals surface area contributed by atoms with Gasteiger partial charge in [0.25, 0.3) is 5.91 Å². The van der Waals surface area contributed by atoms with Gasteiger partial charge < -0.3 is 14.2 Å². The zero-order chi connectivity index (χ0) is 26.8. The molecule has 2 amide bonds. The van der Waals surface area contributed by atoms with Crippen molar-refractivity contribution in [2.24, 2.45) is 0 Å². The molecule has 0 bridgehead atoms. The molecule has 1 atom stereocenters. The van der Waals surface area contributed by atoms with Crippen LogP contribution < -0.4 is 0 Å². The summed E-state index contributed by atoms with van der Waals surface area (Å²) in [5.74, 6) is 1.19. The highest BCUT2D eigenvalue weighted by atomic mass is 35.5. The van der Waals surface area contributed by atoms with Gasteiger partial charge in [-0.15, -0.1) is 10.2 Å². The Bertz CT molecular complexity index is 1470. The van der Waals surface area contributed by atoms with Crippen molar-refractivity contribution < 1.29 is 14.0 Å². The van der Waals surface area contributed by atoms with Crippen LogP contribution in [0.2, 0.25) is 10.0 Å². The molecule has 1 aliphatic rings. The highest BCUT2D eigenvalue weighted by Gasteiger charge is 2.31. The first-order valence-corrected chi connectivity index (χ1v) is 13.8. The third kappa shape index (κ3) is 5.45. The van der Waals surface area contributed by atoms with Crippen LogP contribution >= 0.6 is 35.0 Å². The molecular weight excluding hydrogens is 545 g/mol. The van der Waals surface area contributed by atoms with Gasteiger partial charge in [0.1, 0.15) is 0 Å². The fraction of sp³-hybridized carbons (Fsp3) is 0.259. The van der Waals surface area contributed by atoms with Crippen molar-refractivity contribution >= 4 is 46.8 Å².